The second-order valence-electron chi connectivity index (χ2n) is 6.93. The van der Waals surface area contributed by atoms with Gasteiger partial charge in [0.1, 0.15) is 0 Å². The molecule has 0 aliphatic heterocycles. The molecule has 196 valence electrons. The van der Waals surface area contributed by atoms with Crippen molar-refractivity contribution in [2.45, 2.75) is 91.9 Å². The first-order valence-electron chi connectivity index (χ1n) is 11.4. The highest BCUT2D eigenvalue weighted by Gasteiger charge is 1.92. The molecule has 34 heavy (non-hydrogen) atoms. The maximum atomic E-state index is 10.3. The smallest absolute Gasteiger partial charge is 0.303 e. The van der Waals surface area contributed by atoms with Crippen molar-refractivity contribution in [3.05, 3.63) is 48.6 Å². The van der Waals surface area contributed by atoms with Crippen molar-refractivity contribution in [3.63, 3.8) is 0 Å². The second kappa shape index (κ2) is 34.5. The Morgan fingerprint density at radius 2 is 0.824 bits per heavy atom. The summed E-state index contributed by atoms with van der Waals surface area (Å²) in [5.41, 5.74) is 0. The third kappa shape index (κ3) is 89.1. The third-order valence-electron chi connectivity index (χ3n) is 3.22. The van der Waals surface area contributed by atoms with Gasteiger partial charge in [0.25, 0.3) is 17.9 Å². The van der Waals surface area contributed by atoms with Gasteiger partial charge in [0.15, 0.2) is 0 Å². The van der Waals surface area contributed by atoms with Crippen LogP contribution in [0, 0.1) is 0 Å². The number of hydrogen-bond acceptors (Lipinski definition) is 4. The number of allylic oxidation sites excluding steroid dienone is 8. The summed E-state index contributed by atoms with van der Waals surface area (Å²) < 4.78 is 0. The minimum Gasteiger partial charge on any atom is -0.481 e. The maximum absolute atomic E-state index is 10.3. The molecule has 4 N–H and O–H groups in total. The van der Waals surface area contributed by atoms with E-state index < -0.39 is 23.9 Å². The fraction of sp³-hybridized carbons (Fsp3) is 0.538. The van der Waals surface area contributed by atoms with Crippen LogP contribution in [0.3, 0.4) is 0 Å². The van der Waals surface area contributed by atoms with Crippen LogP contribution in [-0.2, 0) is 19.2 Å². The molecule has 0 fully saturated rings. The Morgan fingerprint density at radius 3 is 1.12 bits per heavy atom. The van der Waals surface area contributed by atoms with Gasteiger partial charge in [-0.1, -0.05) is 68.4 Å². The van der Waals surface area contributed by atoms with Crippen LogP contribution in [0.5, 0.6) is 0 Å². The zero-order chi connectivity index (χ0) is 27.0. The Labute approximate surface area is 204 Å². The predicted molar refractivity (Wildman–Crippen MR) is 136 cm³/mol. The Kier molecular flexibility index (Phi) is 38.6. The van der Waals surface area contributed by atoms with Crippen molar-refractivity contribution in [1.29, 1.82) is 0 Å². The lowest BCUT2D eigenvalue weighted by Crippen LogP contribution is -1.92. The first-order valence-corrected chi connectivity index (χ1v) is 11.4. The van der Waals surface area contributed by atoms with E-state index in [1.165, 1.54) is 25.7 Å². The van der Waals surface area contributed by atoms with E-state index in [9.17, 15) is 4.79 Å². The fourth-order valence-electron chi connectivity index (χ4n) is 1.93. The molecule has 0 aromatic heterocycles. The van der Waals surface area contributed by atoms with E-state index in [1.807, 2.05) is 0 Å². The lowest BCUT2D eigenvalue weighted by atomic mass is 10.2. The molecule has 0 heterocycles. The third-order valence-corrected chi connectivity index (χ3v) is 3.22. The molecule has 0 amide bonds. The van der Waals surface area contributed by atoms with Crippen molar-refractivity contribution in [2.75, 3.05) is 0 Å². The van der Waals surface area contributed by atoms with E-state index in [0.29, 0.717) is 0 Å². The van der Waals surface area contributed by atoms with Gasteiger partial charge in [0, 0.05) is 27.2 Å². The lowest BCUT2D eigenvalue weighted by Gasteiger charge is -1.90. The van der Waals surface area contributed by atoms with Crippen LogP contribution in [0.25, 0.3) is 0 Å². The Morgan fingerprint density at radius 1 is 0.529 bits per heavy atom. The van der Waals surface area contributed by atoms with Gasteiger partial charge in [-0.15, -0.1) is 0 Å². The number of carboxylic acids is 4. The molecule has 0 aliphatic carbocycles. The van der Waals surface area contributed by atoms with Crippen LogP contribution in [-0.4, -0.2) is 44.3 Å². The Bertz CT molecular complexity index is 576. The van der Waals surface area contributed by atoms with Crippen LogP contribution in [0.1, 0.15) is 91.9 Å². The van der Waals surface area contributed by atoms with Crippen LogP contribution < -0.4 is 0 Å². The van der Waals surface area contributed by atoms with Gasteiger partial charge in [0.05, 0.1) is 0 Å². The lowest BCUT2D eigenvalue weighted by molar-refractivity contribution is -0.137. The molecule has 0 aromatic rings. The van der Waals surface area contributed by atoms with Crippen LogP contribution in [0.15, 0.2) is 48.6 Å². The van der Waals surface area contributed by atoms with E-state index in [4.69, 9.17) is 34.8 Å². The maximum Gasteiger partial charge on any atom is 0.303 e. The van der Waals surface area contributed by atoms with E-state index in [2.05, 4.69) is 55.5 Å². The number of carboxylic acid groups (broad SMARTS) is 4. The zero-order valence-corrected chi connectivity index (χ0v) is 21.1. The number of rotatable bonds is 14. The summed E-state index contributed by atoms with van der Waals surface area (Å²) in [5, 5.41) is 30.7. The molecule has 0 aromatic carbocycles. The normalized spacial score (nSPS) is 10.2. The zero-order valence-electron chi connectivity index (χ0n) is 21.1. The largest absolute Gasteiger partial charge is 0.481 e. The molecule has 0 rings (SSSR count). The van der Waals surface area contributed by atoms with Crippen molar-refractivity contribution in [3.8, 4) is 0 Å². The monoisotopic (exact) mass is 484 g/mol. The number of unbranched alkanes of at least 4 members (excludes halogenated alkanes) is 4. The molecule has 0 aliphatic rings. The fourth-order valence-corrected chi connectivity index (χ4v) is 1.93. The number of carbonyl (C=O) groups is 4. The summed E-state index contributed by atoms with van der Waals surface area (Å²) in [7, 11) is 0. The molecular formula is C26H44O8. The van der Waals surface area contributed by atoms with Gasteiger partial charge in [-0.3, -0.25) is 19.2 Å². The molecule has 8 nitrogen and oxygen atoms in total. The van der Waals surface area contributed by atoms with E-state index in [0.717, 1.165) is 52.9 Å². The highest BCUT2D eigenvalue weighted by Crippen LogP contribution is 2.01. The summed E-state index contributed by atoms with van der Waals surface area (Å²) in [5.74, 6) is -3.21. The molecule has 0 saturated heterocycles. The minimum atomic E-state index is -0.833. The molecule has 0 saturated carbocycles. The molecular weight excluding hydrogens is 440 g/mol. The number of aliphatic carboxylic acids is 4. The van der Waals surface area contributed by atoms with Gasteiger partial charge >= 0.3 is 5.97 Å². The topological polar surface area (TPSA) is 149 Å². The summed E-state index contributed by atoms with van der Waals surface area (Å²) in [6.07, 6.45) is 27.3. The summed E-state index contributed by atoms with van der Waals surface area (Å²) in [6.45, 7) is 5.48. The Hall–Kier alpha value is -3.16. The summed E-state index contributed by atoms with van der Waals surface area (Å²) in [4.78, 5) is 37.3. The van der Waals surface area contributed by atoms with Crippen molar-refractivity contribution < 1.29 is 39.6 Å². The molecule has 0 bridgehead atoms. The van der Waals surface area contributed by atoms with E-state index >= 15 is 0 Å². The van der Waals surface area contributed by atoms with E-state index in [-0.39, 0.29) is 6.42 Å². The quantitative estimate of drug-likeness (QED) is 0.161. The molecule has 0 unspecified atom stereocenters. The summed E-state index contributed by atoms with van der Waals surface area (Å²) in [6, 6.07) is 0. The average molecular weight is 485 g/mol. The van der Waals surface area contributed by atoms with Gasteiger partial charge in [0.2, 0.25) is 0 Å². The SMILES string of the molecule is CC(=O)O.CC(=O)O.CC(=O)O.CCCCC/C=C\C/C=C\C/C=C\C/C=C\CCCC(=O)O. The van der Waals surface area contributed by atoms with Gasteiger partial charge in [-0.2, -0.15) is 0 Å². The van der Waals surface area contributed by atoms with Crippen LogP contribution in [0.4, 0.5) is 0 Å². The number of hydrogen-bond donors (Lipinski definition) is 4. The highest BCUT2D eigenvalue weighted by atomic mass is 16.4. The Balaban J connectivity index is -0.000000307. The standard InChI is InChI=1S/C20H32O2.3C2H4O2/c1-2-3-4-5-6-7-8-9-10-11-12-13-14-15-16-17-18-19-20(21)22;3*1-2(3)4/h6-7,9-10,12-13,15-16H,2-5,8,11,14,17-19H2,1H3,(H,21,22);3*1H3,(H,3,4)/b7-6-,10-9-,13-12-,16-15-;;;. The predicted octanol–water partition coefficient (Wildman–Crippen LogP) is 6.49. The first kappa shape index (κ1) is 38.1. The molecule has 8 heteroatoms. The van der Waals surface area contributed by atoms with Crippen molar-refractivity contribution in [2.24, 2.45) is 0 Å². The second-order valence-corrected chi connectivity index (χ2v) is 6.93. The molecule has 0 atom stereocenters. The van der Waals surface area contributed by atoms with Gasteiger partial charge < -0.3 is 20.4 Å². The first-order chi connectivity index (χ1) is 16.0. The van der Waals surface area contributed by atoms with E-state index in [1.54, 1.807) is 0 Å². The van der Waals surface area contributed by atoms with Gasteiger partial charge in [-0.05, 0) is 44.9 Å². The van der Waals surface area contributed by atoms with Crippen LogP contribution >= 0.6 is 0 Å². The van der Waals surface area contributed by atoms with Crippen molar-refractivity contribution in [1.82, 2.24) is 0 Å². The average Bonchev–Trinajstić information content (AvgIpc) is 2.69. The molecule has 0 radical (unpaired) electrons. The molecule has 0 spiro atoms. The van der Waals surface area contributed by atoms with Gasteiger partial charge in [-0.25, -0.2) is 0 Å². The minimum absolute atomic E-state index is 0.262. The van der Waals surface area contributed by atoms with Crippen molar-refractivity contribution >= 4 is 23.9 Å². The summed E-state index contributed by atoms with van der Waals surface area (Å²) >= 11 is 0. The van der Waals surface area contributed by atoms with Crippen LogP contribution in [0.2, 0.25) is 0 Å². The highest BCUT2D eigenvalue weighted by molar-refractivity contribution is 5.66.